The number of rotatable bonds is 5. The Hall–Kier alpha value is -4.05. The van der Waals surface area contributed by atoms with Crippen LogP contribution in [0.5, 0.6) is 0 Å². The molecule has 0 fully saturated rings. The molecule has 0 unspecified atom stereocenters. The molecule has 2 heterocycles. The SMILES string of the molecule is Cc1cccc(-n2c(=O)c3ccccc3n3c(SCC(=O)Nc4ccc(F)cc4F)nnc23)c1C. The van der Waals surface area contributed by atoms with Crippen molar-refractivity contribution < 1.29 is 13.6 Å². The number of aromatic nitrogens is 4. The molecule has 0 aliphatic heterocycles. The molecular weight excluding hydrogens is 472 g/mol. The van der Waals surface area contributed by atoms with E-state index in [-0.39, 0.29) is 17.0 Å². The normalized spacial score (nSPS) is 11.3. The molecule has 35 heavy (non-hydrogen) atoms. The van der Waals surface area contributed by atoms with Crippen LogP contribution < -0.4 is 10.9 Å². The Bertz CT molecular complexity index is 1680. The largest absolute Gasteiger partial charge is 0.323 e. The molecule has 10 heteroatoms. The molecular formula is C25H19F2N5O2S. The lowest BCUT2D eigenvalue weighted by molar-refractivity contribution is -0.113. The number of carbonyl (C=O) groups excluding carboxylic acids is 1. The molecule has 1 N–H and O–H groups in total. The molecule has 176 valence electrons. The van der Waals surface area contributed by atoms with Gasteiger partial charge in [-0.15, -0.1) is 10.2 Å². The first-order chi connectivity index (χ1) is 16.8. The second-order valence-corrected chi connectivity index (χ2v) is 8.90. The highest BCUT2D eigenvalue weighted by Crippen LogP contribution is 2.25. The van der Waals surface area contributed by atoms with Gasteiger partial charge in [0.2, 0.25) is 11.7 Å². The van der Waals surface area contributed by atoms with Crippen LogP contribution in [0.3, 0.4) is 0 Å². The summed E-state index contributed by atoms with van der Waals surface area (Å²) in [4.78, 5) is 26.0. The number of hydrogen-bond acceptors (Lipinski definition) is 5. The van der Waals surface area contributed by atoms with Crippen molar-refractivity contribution in [3.05, 3.63) is 93.8 Å². The number of nitrogens with one attached hydrogen (secondary N) is 1. The van der Waals surface area contributed by atoms with Crippen molar-refractivity contribution in [1.29, 1.82) is 0 Å². The van der Waals surface area contributed by atoms with E-state index in [1.807, 2.05) is 38.1 Å². The van der Waals surface area contributed by atoms with E-state index in [9.17, 15) is 18.4 Å². The van der Waals surface area contributed by atoms with Gasteiger partial charge in [0.1, 0.15) is 11.6 Å². The molecule has 0 radical (unpaired) electrons. The van der Waals surface area contributed by atoms with Crippen LogP contribution in [0.2, 0.25) is 0 Å². The van der Waals surface area contributed by atoms with Gasteiger partial charge in [-0.2, -0.15) is 0 Å². The van der Waals surface area contributed by atoms with E-state index in [1.54, 1.807) is 22.6 Å². The summed E-state index contributed by atoms with van der Waals surface area (Å²) in [7, 11) is 0. The van der Waals surface area contributed by atoms with Crippen LogP contribution in [-0.4, -0.2) is 30.8 Å². The Kier molecular flexibility index (Phi) is 5.81. The quantitative estimate of drug-likeness (QED) is 0.362. The van der Waals surface area contributed by atoms with Crippen molar-refractivity contribution in [1.82, 2.24) is 19.2 Å². The first-order valence-corrected chi connectivity index (χ1v) is 11.7. The summed E-state index contributed by atoms with van der Waals surface area (Å²) in [5, 5.41) is 11.8. The third-order valence-electron chi connectivity index (χ3n) is 5.75. The molecule has 0 spiro atoms. The third kappa shape index (κ3) is 4.06. The Balaban J connectivity index is 1.57. The van der Waals surface area contributed by atoms with Gasteiger partial charge in [-0.25, -0.2) is 13.3 Å². The first-order valence-electron chi connectivity index (χ1n) is 10.7. The summed E-state index contributed by atoms with van der Waals surface area (Å²) < 4.78 is 30.3. The molecule has 5 rings (SSSR count). The lowest BCUT2D eigenvalue weighted by Crippen LogP contribution is -2.23. The highest BCUT2D eigenvalue weighted by molar-refractivity contribution is 7.99. The standard InChI is InChI=1S/C25H19F2N5O2S/c1-14-6-5-9-20(15(14)2)31-23(34)17-7-3-4-8-21(17)32-24(31)29-30-25(32)35-13-22(33)28-19-11-10-16(26)12-18(19)27/h3-12H,13H2,1-2H3,(H,28,33). The molecule has 1 amide bonds. The number of amides is 1. The molecule has 0 bridgehead atoms. The zero-order valence-electron chi connectivity index (χ0n) is 18.8. The summed E-state index contributed by atoms with van der Waals surface area (Å²) in [5.41, 5.74) is 2.92. The van der Waals surface area contributed by atoms with Gasteiger partial charge in [0, 0.05) is 6.07 Å². The Morgan fingerprint density at radius 3 is 2.63 bits per heavy atom. The van der Waals surface area contributed by atoms with E-state index in [1.165, 1.54) is 4.57 Å². The van der Waals surface area contributed by atoms with E-state index >= 15 is 0 Å². The minimum atomic E-state index is -0.861. The van der Waals surface area contributed by atoms with Gasteiger partial charge in [-0.3, -0.25) is 14.0 Å². The molecule has 7 nitrogen and oxygen atoms in total. The van der Waals surface area contributed by atoms with Crippen molar-refractivity contribution in [3.8, 4) is 5.69 Å². The summed E-state index contributed by atoms with van der Waals surface area (Å²) in [6.45, 7) is 3.91. The highest BCUT2D eigenvalue weighted by Gasteiger charge is 2.20. The van der Waals surface area contributed by atoms with E-state index in [4.69, 9.17) is 0 Å². The van der Waals surface area contributed by atoms with E-state index in [0.29, 0.717) is 33.6 Å². The number of hydrogen-bond donors (Lipinski definition) is 1. The van der Waals surface area contributed by atoms with E-state index in [2.05, 4.69) is 15.5 Å². The van der Waals surface area contributed by atoms with E-state index in [0.717, 1.165) is 35.0 Å². The molecule has 0 saturated carbocycles. The predicted octanol–water partition coefficient (Wildman–Crippen LogP) is 4.66. The maximum absolute atomic E-state index is 13.9. The fourth-order valence-electron chi connectivity index (χ4n) is 3.87. The van der Waals surface area contributed by atoms with Crippen molar-refractivity contribution in [2.75, 3.05) is 11.1 Å². The summed E-state index contributed by atoms with van der Waals surface area (Å²) in [5.74, 6) is -1.88. The lowest BCUT2D eigenvalue weighted by atomic mass is 10.1. The molecule has 3 aromatic carbocycles. The van der Waals surface area contributed by atoms with Gasteiger partial charge in [-0.1, -0.05) is 36.0 Å². The van der Waals surface area contributed by atoms with Crippen molar-refractivity contribution >= 4 is 40.0 Å². The maximum atomic E-state index is 13.9. The second-order valence-electron chi connectivity index (χ2n) is 7.96. The van der Waals surface area contributed by atoms with Crippen molar-refractivity contribution in [3.63, 3.8) is 0 Å². The van der Waals surface area contributed by atoms with Crippen LogP contribution in [0, 0.1) is 25.5 Å². The fraction of sp³-hybridized carbons (Fsp3) is 0.120. The number of aryl methyl sites for hydroxylation is 1. The fourth-order valence-corrected chi connectivity index (χ4v) is 4.61. The molecule has 5 aromatic rings. The summed E-state index contributed by atoms with van der Waals surface area (Å²) in [6.07, 6.45) is 0. The average Bonchev–Trinajstić information content (AvgIpc) is 3.26. The van der Waals surface area contributed by atoms with Crippen LogP contribution in [0.4, 0.5) is 14.5 Å². The van der Waals surface area contributed by atoms with E-state index < -0.39 is 17.5 Å². The average molecular weight is 492 g/mol. The number of anilines is 1. The van der Waals surface area contributed by atoms with Crippen LogP contribution in [0.1, 0.15) is 11.1 Å². The molecule has 2 aromatic heterocycles. The monoisotopic (exact) mass is 491 g/mol. The molecule has 0 aliphatic rings. The van der Waals surface area contributed by atoms with Crippen LogP contribution in [0.15, 0.2) is 70.6 Å². The number of thioether (sulfide) groups is 1. The second kappa shape index (κ2) is 8.95. The smallest absolute Gasteiger partial charge is 0.267 e. The Labute approximate surface area is 202 Å². The summed E-state index contributed by atoms with van der Waals surface area (Å²) in [6, 6.07) is 15.7. The molecule has 0 saturated heterocycles. The van der Waals surface area contributed by atoms with Crippen molar-refractivity contribution in [2.45, 2.75) is 19.0 Å². The zero-order chi connectivity index (χ0) is 24.7. The van der Waals surface area contributed by atoms with Crippen LogP contribution in [0.25, 0.3) is 22.4 Å². The number of fused-ring (bicyclic) bond motifs is 3. The zero-order valence-corrected chi connectivity index (χ0v) is 19.6. The first kappa shape index (κ1) is 22.7. The topological polar surface area (TPSA) is 81.3 Å². The number of para-hydroxylation sites is 1. The Morgan fingerprint density at radius 1 is 1.03 bits per heavy atom. The number of nitrogens with zero attached hydrogens (tertiary/aromatic N) is 4. The molecule has 0 atom stereocenters. The number of carbonyl (C=O) groups is 1. The van der Waals surface area contributed by atoms with Gasteiger partial charge in [-0.05, 0) is 55.3 Å². The lowest BCUT2D eigenvalue weighted by Gasteiger charge is -2.14. The third-order valence-corrected chi connectivity index (χ3v) is 6.68. The highest BCUT2D eigenvalue weighted by atomic mass is 32.2. The maximum Gasteiger partial charge on any atom is 0.267 e. The summed E-state index contributed by atoms with van der Waals surface area (Å²) >= 11 is 1.09. The van der Waals surface area contributed by atoms with Gasteiger partial charge in [0.15, 0.2) is 5.16 Å². The van der Waals surface area contributed by atoms with Crippen molar-refractivity contribution in [2.24, 2.45) is 0 Å². The van der Waals surface area contributed by atoms with Gasteiger partial charge in [0.05, 0.1) is 28.0 Å². The number of halogens is 2. The predicted molar refractivity (Wildman–Crippen MR) is 131 cm³/mol. The van der Waals surface area contributed by atoms with Gasteiger partial charge < -0.3 is 5.32 Å². The minimum Gasteiger partial charge on any atom is -0.323 e. The van der Waals surface area contributed by atoms with Gasteiger partial charge in [0.25, 0.3) is 5.56 Å². The van der Waals surface area contributed by atoms with Crippen LogP contribution >= 0.6 is 11.8 Å². The minimum absolute atomic E-state index is 0.103. The van der Waals surface area contributed by atoms with Gasteiger partial charge >= 0.3 is 0 Å². The van der Waals surface area contributed by atoms with Crippen LogP contribution in [-0.2, 0) is 4.79 Å². The molecule has 0 aliphatic carbocycles. The Morgan fingerprint density at radius 2 is 1.83 bits per heavy atom. The number of benzene rings is 3.